The van der Waals surface area contributed by atoms with Crippen molar-refractivity contribution in [1.29, 1.82) is 0 Å². The summed E-state index contributed by atoms with van der Waals surface area (Å²) in [7, 11) is 0. The molecule has 0 saturated heterocycles. The van der Waals surface area contributed by atoms with Crippen molar-refractivity contribution < 1.29 is 14.6 Å². The molecule has 1 fully saturated rings. The van der Waals surface area contributed by atoms with Crippen LogP contribution in [0, 0.1) is 5.41 Å². The van der Waals surface area contributed by atoms with E-state index >= 15 is 0 Å². The highest BCUT2D eigenvalue weighted by molar-refractivity contribution is 5.75. The summed E-state index contributed by atoms with van der Waals surface area (Å²) in [6, 6.07) is 0. The number of carboxylic acids is 1. The molecule has 100 valence electrons. The first-order valence-corrected chi connectivity index (χ1v) is 6.13. The Balaban J connectivity index is 2.05. The third kappa shape index (κ3) is 2.50. The first-order chi connectivity index (χ1) is 8.53. The fourth-order valence-electron chi connectivity index (χ4n) is 2.02. The second kappa shape index (κ2) is 5.01. The van der Waals surface area contributed by atoms with Crippen molar-refractivity contribution in [3.63, 3.8) is 0 Å². The molecule has 7 nitrogen and oxygen atoms in total. The first-order valence-electron chi connectivity index (χ1n) is 6.13. The maximum absolute atomic E-state index is 11.3. The molecular formula is C11H18N4O3. The van der Waals surface area contributed by atoms with Crippen LogP contribution in [0.15, 0.2) is 0 Å². The number of nitrogens with zero attached hydrogens (tertiary/aromatic N) is 4. The molecule has 7 heteroatoms. The third-order valence-electron chi connectivity index (χ3n) is 3.37. The molecule has 1 aliphatic rings. The molecular weight excluding hydrogens is 236 g/mol. The van der Waals surface area contributed by atoms with Gasteiger partial charge in [-0.2, -0.15) is 0 Å². The number of ether oxygens (including phenoxy) is 1. The van der Waals surface area contributed by atoms with E-state index in [4.69, 9.17) is 4.74 Å². The number of carbonyl (C=O) groups is 1. The summed E-state index contributed by atoms with van der Waals surface area (Å²) in [6.45, 7) is 4.49. The number of aliphatic carboxylic acids is 1. The summed E-state index contributed by atoms with van der Waals surface area (Å²) in [6.07, 6.45) is 2.42. The number of carboxylic acid groups (broad SMARTS) is 1. The van der Waals surface area contributed by atoms with E-state index in [2.05, 4.69) is 15.5 Å². The molecule has 18 heavy (non-hydrogen) atoms. The van der Waals surface area contributed by atoms with E-state index in [0.29, 0.717) is 31.8 Å². The molecule has 2 rings (SSSR count). The molecule has 0 amide bonds. The minimum atomic E-state index is -0.764. The van der Waals surface area contributed by atoms with Crippen molar-refractivity contribution in [3.8, 4) is 0 Å². The summed E-state index contributed by atoms with van der Waals surface area (Å²) >= 11 is 0. The highest BCUT2D eigenvalue weighted by atomic mass is 16.5. The van der Waals surface area contributed by atoms with Gasteiger partial charge in [0.2, 0.25) is 0 Å². The fourth-order valence-corrected chi connectivity index (χ4v) is 2.02. The first kappa shape index (κ1) is 12.9. The predicted octanol–water partition coefficient (Wildman–Crippen LogP) is 0.853. The standard InChI is InChI=1S/C11H18N4O3/c1-8(2)18-6-9-12-13-14-15(9)7-11(10(16)17)4-3-5-11/h8H,3-7H2,1-2H3,(H,16,17). The van der Waals surface area contributed by atoms with Crippen molar-refractivity contribution in [2.75, 3.05) is 0 Å². The zero-order chi connectivity index (χ0) is 13.2. The van der Waals surface area contributed by atoms with Crippen molar-refractivity contribution in [3.05, 3.63) is 5.82 Å². The van der Waals surface area contributed by atoms with Gasteiger partial charge in [-0.1, -0.05) is 6.42 Å². The molecule has 0 aliphatic heterocycles. The van der Waals surface area contributed by atoms with Crippen LogP contribution in [-0.2, 0) is 22.7 Å². The van der Waals surface area contributed by atoms with Gasteiger partial charge >= 0.3 is 5.97 Å². The van der Waals surface area contributed by atoms with Crippen molar-refractivity contribution >= 4 is 5.97 Å². The van der Waals surface area contributed by atoms with E-state index in [1.54, 1.807) is 4.68 Å². The molecule has 0 aromatic carbocycles. The number of hydrogen-bond donors (Lipinski definition) is 1. The molecule has 1 heterocycles. The largest absolute Gasteiger partial charge is 0.481 e. The van der Waals surface area contributed by atoms with Crippen LogP contribution in [0.1, 0.15) is 38.9 Å². The summed E-state index contributed by atoms with van der Waals surface area (Å²) in [4.78, 5) is 11.3. The van der Waals surface area contributed by atoms with Crippen LogP contribution in [0.25, 0.3) is 0 Å². The molecule has 1 aromatic rings. The summed E-state index contributed by atoms with van der Waals surface area (Å²) in [5.74, 6) is -0.184. The molecule has 0 atom stereocenters. The fraction of sp³-hybridized carbons (Fsp3) is 0.818. The molecule has 0 bridgehead atoms. The van der Waals surface area contributed by atoms with Crippen molar-refractivity contribution in [2.24, 2.45) is 5.41 Å². The lowest BCUT2D eigenvalue weighted by Gasteiger charge is -2.37. The van der Waals surface area contributed by atoms with Crippen LogP contribution in [-0.4, -0.2) is 37.4 Å². The number of tetrazole rings is 1. The molecule has 1 aliphatic carbocycles. The lowest BCUT2D eigenvalue weighted by Crippen LogP contribution is -2.42. The SMILES string of the molecule is CC(C)OCc1nnnn1CC1(C(=O)O)CCC1. The van der Waals surface area contributed by atoms with Gasteiger partial charge < -0.3 is 9.84 Å². The van der Waals surface area contributed by atoms with Gasteiger partial charge in [-0.15, -0.1) is 5.10 Å². The van der Waals surface area contributed by atoms with Crippen molar-refractivity contribution in [2.45, 2.75) is 52.4 Å². The Kier molecular flexibility index (Phi) is 3.60. The smallest absolute Gasteiger partial charge is 0.311 e. The van der Waals surface area contributed by atoms with Crippen molar-refractivity contribution in [1.82, 2.24) is 20.2 Å². The second-order valence-electron chi connectivity index (χ2n) is 5.05. The molecule has 1 saturated carbocycles. The highest BCUT2D eigenvalue weighted by Gasteiger charge is 2.45. The van der Waals surface area contributed by atoms with E-state index in [-0.39, 0.29) is 6.10 Å². The van der Waals surface area contributed by atoms with E-state index in [0.717, 1.165) is 6.42 Å². The Morgan fingerprint density at radius 3 is 2.78 bits per heavy atom. The Morgan fingerprint density at radius 2 is 2.28 bits per heavy atom. The van der Waals surface area contributed by atoms with Crippen LogP contribution < -0.4 is 0 Å². The number of rotatable bonds is 6. The van der Waals surface area contributed by atoms with Gasteiger partial charge in [0.15, 0.2) is 5.82 Å². The lowest BCUT2D eigenvalue weighted by atomic mass is 9.69. The Hall–Kier alpha value is -1.50. The molecule has 0 radical (unpaired) electrons. The van der Waals surface area contributed by atoms with Gasteiger partial charge in [0, 0.05) is 0 Å². The Morgan fingerprint density at radius 1 is 1.56 bits per heavy atom. The molecule has 1 N–H and O–H groups in total. The summed E-state index contributed by atoms with van der Waals surface area (Å²) in [5.41, 5.74) is -0.692. The Bertz CT molecular complexity index is 426. The van der Waals surface area contributed by atoms with Crippen LogP contribution >= 0.6 is 0 Å². The maximum Gasteiger partial charge on any atom is 0.311 e. The van der Waals surface area contributed by atoms with Gasteiger partial charge in [0.25, 0.3) is 0 Å². The monoisotopic (exact) mass is 254 g/mol. The van der Waals surface area contributed by atoms with Gasteiger partial charge in [0.1, 0.15) is 6.61 Å². The normalized spacial score (nSPS) is 17.7. The third-order valence-corrected chi connectivity index (χ3v) is 3.37. The molecule has 1 aromatic heterocycles. The predicted molar refractivity (Wildman–Crippen MR) is 61.7 cm³/mol. The zero-order valence-corrected chi connectivity index (χ0v) is 10.7. The second-order valence-corrected chi connectivity index (χ2v) is 5.05. The minimum Gasteiger partial charge on any atom is -0.481 e. The van der Waals surface area contributed by atoms with Gasteiger partial charge in [-0.3, -0.25) is 4.79 Å². The van der Waals surface area contributed by atoms with Crippen LogP contribution in [0.2, 0.25) is 0 Å². The van der Waals surface area contributed by atoms with Crippen LogP contribution in [0.3, 0.4) is 0 Å². The zero-order valence-electron chi connectivity index (χ0n) is 10.7. The van der Waals surface area contributed by atoms with Gasteiger partial charge in [-0.05, 0) is 37.1 Å². The van der Waals surface area contributed by atoms with E-state index in [1.165, 1.54) is 0 Å². The summed E-state index contributed by atoms with van der Waals surface area (Å²) in [5, 5.41) is 20.6. The average molecular weight is 254 g/mol. The number of hydrogen-bond acceptors (Lipinski definition) is 5. The van der Waals surface area contributed by atoms with Gasteiger partial charge in [-0.25, -0.2) is 4.68 Å². The number of aromatic nitrogens is 4. The molecule has 0 spiro atoms. The summed E-state index contributed by atoms with van der Waals surface area (Å²) < 4.78 is 6.99. The minimum absolute atomic E-state index is 0.0901. The maximum atomic E-state index is 11.3. The Labute approximate surface area is 105 Å². The lowest BCUT2D eigenvalue weighted by molar-refractivity contribution is -0.156. The van der Waals surface area contributed by atoms with E-state index < -0.39 is 11.4 Å². The average Bonchev–Trinajstić information content (AvgIpc) is 2.67. The van der Waals surface area contributed by atoms with Gasteiger partial charge in [0.05, 0.1) is 18.1 Å². The quantitative estimate of drug-likeness (QED) is 0.809. The highest BCUT2D eigenvalue weighted by Crippen LogP contribution is 2.42. The topological polar surface area (TPSA) is 90.1 Å². The van der Waals surface area contributed by atoms with E-state index in [1.807, 2.05) is 13.8 Å². The van der Waals surface area contributed by atoms with Crippen LogP contribution in [0.5, 0.6) is 0 Å². The van der Waals surface area contributed by atoms with Crippen LogP contribution in [0.4, 0.5) is 0 Å². The molecule has 0 unspecified atom stereocenters. The van der Waals surface area contributed by atoms with E-state index in [9.17, 15) is 9.90 Å².